The molecule has 0 aliphatic heterocycles. The lowest BCUT2D eigenvalue weighted by Gasteiger charge is -2.18. The van der Waals surface area contributed by atoms with Crippen LogP contribution in [0.4, 0.5) is 17.3 Å². The molecule has 0 bridgehead atoms. The molecule has 146 valence electrons. The lowest BCUT2D eigenvalue weighted by Crippen LogP contribution is -2.17. The highest BCUT2D eigenvalue weighted by molar-refractivity contribution is 7.92. The number of sulfonamides is 1. The van der Waals surface area contributed by atoms with Crippen molar-refractivity contribution in [2.24, 2.45) is 0 Å². The minimum atomic E-state index is -3.87. The Morgan fingerprint density at radius 3 is 2.25 bits per heavy atom. The summed E-state index contributed by atoms with van der Waals surface area (Å²) in [7, 11) is -0.566. The lowest BCUT2D eigenvalue weighted by molar-refractivity contribution is 0.402. The van der Waals surface area contributed by atoms with Crippen molar-refractivity contribution in [2.45, 2.75) is 18.7 Å². The number of aromatic nitrogens is 2. The first-order valence-corrected chi connectivity index (χ1v) is 10.1. The third-order valence-electron chi connectivity index (χ3n) is 4.45. The standard InChI is InChI=1S/C20H22N4O3S/c1-14-12-17(27-4)18(13-15(14)2)28(25,26)23-19-10-11-20(22-21-19)24(3)16-8-6-5-7-9-16/h5-13H,1-4H3,(H,21,23). The third-order valence-corrected chi connectivity index (χ3v) is 5.82. The Bertz CT molecular complexity index is 1070. The maximum Gasteiger partial charge on any atom is 0.266 e. The summed E-state index contributed by atoms with van der Waals surface area (Å²) in [6, 6.07) is 16.3. The van der Waals surface area contributed by atoms with Gasteiger partial charge in [0, 0.05) is 12.7 Å². The van der Waals surface area contributed by atoms with E-state index in [-0.39, 0.29) is 16.5 Å². The second kappa shape index (κ2) is 7.85. The molecule has 1 N–H and O–H groups in total. The molecule has 0 saturated carbocycles. The maximum atomic E-state index is 12.8. The van der Waals surface area contributed by atoms with Gasteiger partial charge in [-0.05, 0) is 61.4 Å². The number of nitrogens with zero attached hydrogens (tertiary/aromatic N) is 3. The maximum absolute atomic E-state index is 12.8. The second-order valence-corrected chi connectivity index (χ2v) is 8.01. The Labute approximate surface area is 165 Å². The molecular formula is C20H22N4O3S. The number of methoxy groups -OCH3 is 1. The summed E-state index contributed by atoms with van der Waals surface area (Å²) in [5.74, 6) is 1.01. The number of nitrogens with one attached hydrogen (secondary N) is 1. The molecule has 0 spiro atoms. The molecule has 8 heteroatoms. The molecule has 3 aromatic rings. The number of aryl methyl sites for hydroxylation is 2. The van der Waals surface area contributed by atoms with Crippen molar-refractivity contribution in [3.63, 3.8) is 0 Å². The van der Waals surface area contributed by atoms with Gasteiger partial charge in [-0.2, -0.15) is 0 Å². The molecule has 0 unspecified atom stereocenters. The van der Waals surface area contributed by atoms with Crippen LogP contribution < -0.4 is 14.4 Å². The molecule has 2 aromatic carbocycles. The monoisotopic (exact) mass is 398 g/mol. The minimum absolute atomic E-state index is 0.0605. The van der Waals surface area contributed by atoms with Gasteiger partial charge in [-0.1, -0.05) is 18.2 Å². The largest absolute Gasteiger partial charge is 0.495 e. The van der Waals surface area contributed by atoms with E-state index in [4.69, 9.17) is 4.74 Å². The van der Waals surface area contributed by atoms with Gasteiger partial charge >= 0.3 is 0 Å². The molecule has 1 aromatic heterocycles. The van der Waals surface area contributed by atoms with E-state index < -0.39 is 10.0 Å². The van der Waals surface area contributed by atoms with Gasteiger partial charge in [0.05, 0.1) is 7.11 Å². The van der Waals surface area contributed by atoms with Gasteiger partial charge in [0.25, 0.3) is 10.0 Å². The van der Waals surface area contributed by atoms with Gasteiger partial charge in [-0.3, -0.25) is 4.72 Å². The molecule has 0 atom stereocenters. The van der Waals surface area contributed by atoms with E-state index in [9.17, 15) is 8.42 Å². The summed E-state index contributed by atoms with van der Waals surface area (Å²) >= 11 is 0. The van der Waals surface area contributed by atoms with E-state index in [1.54, 1.807) is 24.3 Å². The van der Waals surface area contributed by atoms with Crippen LogP contribution in [0.1, 0.15) is 11.1 Å². The Balaban J connectivity index is 1.85. The smallest absolute Gasteiger partial charge is 0.266 e. The molecule has 0 aliphatic rings. The van der Waals surface area contributed by atoms with Gasteiger partial charge in [-0.25, -0.2) is 8.42 Å². The van der Waals surface area contributed by atoms with Crippen LogP contribution in [-0.4, -0.2) is 32.8 Å². The highest BCUT2D eigenvalue weighted by atomic mass is 32.2. The van der Waals surface area contributed by atoms with Crippen molar-refractivity contribution in [2.75, 3.05) is 23.8 Å². The van der Waals surface area contributed by atoms with E-state index in [1.165, 1.54) is 7.11 Å². The number of hydrogen-bond acceptors (Lipinski definition) is 6. The van der Waals surface area contributed by atoms with Gasteiger partial charge in [-0.15, -0.1) is 10.2 Å². The van der Waals surface area contributed by atoms with Crippen LogP contribution in [0.25, 0.3) is 0 Å². The minimum Gasteiger partial charge on any atom is -0.495 e. The molecule has 7 nitrogen and oxygen atoms in total. The predicted octanol–water partition coefficient (Wildman–Crippen LogP) is 3.67. The van der Waals surface area contributed by atoms with Crippen LogP contribution in [0, 0.1) is 13.8 Å². The Hall–Kier alpha value is -3.13. The second-order valence-electron chi connectivity index (χ2n) is 6.36. The normalized spacial score (nSPS) is 11.1. The zero-order valence-electron chi connectivity index (χ0n) is 16.2. The van der Waals surface area contributed by atoms with Crippen LogP contribution in [-0.2, 0) is 10.0 Å². The fraction of sp³-hybridized carbons (Fsp3) is 0.200. The highest BCUT2D eigenvalue weighted by Crippen LogP contribution is 2.29. The molecule has 0 radical (unpaired) electrons. The summed E-state index contributed by atoms with van der Waals surface area (Å²) in [6.45, 7) is 3.75. The van der Waals surface area contributed by atoms with E-state index >= 15 is 0 Å². The van der Waals surface area contributed by atoms with Gasteiger partial charge in [0.15, 0.2) is 11.6 Å². The van der Waals surface area contributed by atoms with E-state index in [0.29, 0.717) is 5.82 Å². The Kier molecular flexibility index (Phi) is 5.51. The molecule has 3 rings (SSSR count). The molecule has 1 heterocycles. The van der Waals surface area contributed by atoms with Crippen molar-refractivity contribution in [1.82, 2.24) is 10.2 Å². The van der Waals surface area contributed by atoms with Gasteiger partial charge < -0.3 is 9.64 Å². The van der Waals surface area contributed by atoms with Gasteiger partial charge in [0.2, 0.25) is 0 Å². The molecular weight excluding hydrogens is 376 g/mol. The van der Waals surface area contributed by atoms with Crippen molar-refractivity contribution in [3.05, 3.63) is 65.7 Å². The van der Waals surface area contributed by atoms with Crippen LogP contribution in [0.3, 0.4) is 0 Å². The Morgan fingerprint density at radius 2 is 1.64 bits per heavy atom. The van der Waals surface area contributed by atoms with Crippen LogP contribution in [0.15, 0.2) is 59.5 Å². The van der Waals surface area contributed by atoms with E-state index in [2.05, 4.69) is 14.9 Å². The van der Waals surface area contributed by atoms with Crippen molar-refractivity contribution < 1.29 is 13.2 Å². The molecule has 0 amide bonds. The van der Waals surface area contributed by atoms with E-state index in [0.717, 1.165) is 16.8 Å². The van der Waals surface area contributed by atoms with Crippen LogP contribution in [0.5, 0.6) is 5.75 Å². The summed E-state index contributed by atoms with van der Waals surface area (Å²) < 4.78 is 33.3. The first kappa shape index (κ1) is 19.6. The third kappa shape index (κ3) is 4.07. The average molecular weight is 398 g/mol. The van der Waals surface area contributed by atoms with Gasteiger partial charge in [0.1, 0.15) is 10.6 Å². The quantitative estimate of drug-likeness (QED) is 0.682. The number of anilines is 3. The van der Waals surface area contributed by atoms with Crippen molar-refractivity contribution in [1.29, 1.82) is 0 Å². The van der Waals surface area contributed by atoms with Crippen molar-refractivity contribution in [3.8, 4) is 5.75 Å². The number of benzene rings is 2. The summed E-state index contributed by atoms with van der Waals surface area (Å²) in [6.07, 6.45) is 0. The molecule has 0 fully saturated rings. The number of rotatable bonds is 6. The Morgan fingerprint density at radius 1 is 0.964 bits per heavy atom. The summed E-state index contributed by atoms with van der Waals surface area (Å²) in [5.41, 5.74) is 2.75. The average Bonchev–Trinajstić information content (AvgIpc) is 2.70. The first-order chi connectivity index (χ1) is 13.3. The van der Waals surface area contributed by atoms with Crippen LogP contribution in [0.2, 0.25) is 0 Å². The first-order valence-electron chi connectivity index (χ1n) is 8.62. The summed E-state index contributed by atoms with van der Waals surface area (Å²) in [5, 5.41) is 8.13. The predicted molar refractivity (Wildman–Crippen MR) is 110 cm³/mol. The number of para-hydroxylation sites is 1. The molecule has 28 heavy (non-hydrogen) atoms. The van der Waals surface area contributed by atoms with Crippen LogP contribution >= 0.6 is 0 Å². The topological polar surface area (TPSA) is 84.4 Å². The SMILES string of the molecule is COc1cc(C)c(C)cc1S(=O)(=O)Nc1ccc(N(C)c2ccccc2)nn1. The van der Waals surface area contributed by atoms with Crippen molar-refractivity contribution >= 4 is 27.3 Å². The number of ether oxygens (including phenoxy) is 1. The highest BCUT2D eigenvalue weighted by Gasteiger charge is 2.21. The fourth-order valence-corrected chi connectivity index (χ4v) is 3.90. The zero-order valence-corrected chi connectivity index (χ0v) is 17.0. The zero-order chi connectivity index (χ0) is 20.3. The number of hydrogen-bond donors (Lipinski definition) is 1. The van der Waals surface area contributed by atoms with E-state index in [1.807, 2.05) is 56.1 Å². The lowest BCUT2D eigenvalue weighted by atomic mass is 10.1. The fourth-order valence-electron chi connectivity index (χ4n) is 2.67. The molecule has 0 saturated heterocycles. The summed E-state index contributed by atoms with van der Waals surface area (Å²) in [4.78, 5) is 1.92. The molecule has 0 aliphatic carbocycles.